The third-order valence-electron chi connectivity index (χ3n) is 4.19. The van der Waals surface area contributed by atoms with Gasteiger partial charge in [0.05, 0.1) is 11.5 Å². The second kappa shape index (κ2) is 5.73. The number of sulfonamides is 1. The summed E-state index contributed by atoms with van der Waals surface area (Å²) in [5.41, 5.74) is 0. The molecule has 3 heterocycles. The van der Waals surface area contributed by atoms with Gasteiger partial charge in [-0.25, -0.2) is 8.42 Å². The quantitative estimate of drug-likeness (QED) is 0.907. The topological polar surface area (TPSA) is 60.9 Å². The molecule has 2 saturated heterocycles. The van der Waals surface area contributed by atoms with Crippen molar-refractivity contribution in [3.8, 4) is 0 Å². The number of rotatable bonds is 3. The Morgan fingerprint density at radius 3 is 2.85 bits per heavy atom. The minimum atomic E-state index is -3.41. The van der Waals surface area contributed by atoms with E-state index in [9.17, 15) is 8.42 Å². The Labute approximate surface area is 123 Å². The van der Waals surface area contributed by atoms with E-state index in [4.69, 9.17) is 5.11 Å². The maximum absolute atomic E-state index is 12.7. The zero-order valence-corrected chi connectivity index (χ0v) is 13.0. The molecule has 2 aliphatic rings. The highest BCUT2D eigenvalue weighted by molar-refractivity contribution is 7.89. The highest BCUT2D eigenvalue weighted by Crippen LogP contribution is 2.27. The van der Waals surface area contributed by atoms with E-state index in [1.54, 1.807) is 15.8 Å². The molecular weight excluding hydrogens is 296 g/mol. The summed E-state index contributed by atoms with van der Waals surface area (Å²) in [5.74, 6) is 0. The molecule has 20 heavy (non-hydrogen) atoms. The van der Waals surface area contributed by atoms with Crippen LogP contribution < -0.4 is 0 Å². The summed E-state index contributed by atoms with van der Waals surface area (Å²) in [6.07, 6.45) is 3.16. The van der Waals surface area contributed by atoms with Crippen LogP contribution in [-0.2, 0) is 16.6 Å². The van der Waals surface area contributed by atoms with Crippen molar-refractivity contribution in [2.45, 2.75) is 36.8 Å². The van der Waals surface area contributed by atoms with Crippen LogP contribution in [0.4, 0.5) is 0 Å². The van der Waals surface area contributed by atoms with Gasteiger partial charge in [-0.15, -0.1) is 11.3 Å². The zero-order valence-electron chi connectivity index (χ0n) is 11.4. The van der Waals surface area contributed by atoms with E-state index in [1.165, 1.54) is 17.8 Å². The van der Waals surface area contributed by atoms with Gasteiger partial charge in [-0.3, -0.25) is 4.90 Å². The molecule has 1 N–H and O–H groups in total. The van der Waals surface area contributed by atoms with Crippen LogP contribution in [0.1, 0.15) is 24.1 Å². The van der Waals surface area contributed by atoms with Crippen LogP contribution in [0.3, 0.4) is 0 Å². The lowest BCUT2D eigenvalue weighted by molar-refractivity contribution is 0.257. The van der Waals surface area contributed by atoms with E-state index in [0.29, 0.717) is 28.9 Å². The molecule has 7 heteroatoms. The van der Waals surface area contributed by atoms with Gasteiger partial charge in [-0.2, -0.15) is 4.31 Å². The fraction of sp³-hybridized carbons (Fsp3) is 0.692. The summed E-state index contributed by atoms with van der Waals surface area (Å²) in [5, 5.41) is 10.7. The van der Waals surface area contributed by atoms with Gasteiger partial charge >= 0.3 is 0 Å². The first kappa shape index (κ1) is 14.5. The molecule has 2 fully saturated rings. The first-order valence-corrected chi connectivity index (χ1v) is 9.35. The fourth-order valence-electron chi connectivity index (χ4n) is 3.12. The maximum Gasteiger partial charge on any atom is 0.243 e. The van der Waals surface area contributed by atoms with Crippen molar-refractivity contribution in [1.82, 2.24) is 9.21 Å². The van der Waals surface area contributed by atoms with Gasteiger partial charge in [-0.05, 0) is 38.4 Å². The Morgan fingerprint density at radius 2 is 2.10 bits per heavy atom. The van der Waals surface area contributed by atoms with Crippen molar-refractivity contribution in [3.05, 3.63) is 16.3 Å². The molecule has 0 saturated carbocycles. The Hall–Kier alpha value is -0.470. The summed E-state index contributed by atoms with van der Waals surface area (Å²) >= 11 is 1.30. The number of thiophene rings is 1. The molecule has 0 aliphatic carbocycles. The summed E-state index contributed by atoms with van der Waals surface area (Å²) in [6.45, 7) is 3.21. The highest BCUT2D eigenvalue weighted by Gasteiger charge is 2.34. The predicted molar refractivity (Wildman–Crippen MR) is 78.2 cm³/mol. The van der Waals surface area contributed by atoms with Crippen molar-refractivity contribution in [2.24, 2.45) is 0 Å². The number of aliphatic hydroxyl groups excluding tert-OH is 1. The van der Waals surface area contributed by atoms with Crippen LogP contribution in [-0.4, -0.2) is 55.0 Å². The van der Waals surface area contributed by atoms with Gasteiger partial charge < -0.3 is 5.11 Å². The van der Waals surface area contributed by atoms with Crippen LogP contribution >= 0.6 is 11.3 Å². The second-order valence-corrected chi connectivity index (χ2v) is 8.39. The predicted octanol–water partition coefficient (Wildman–Crippen LogP) is 1.10. The molecule has 1 aromatic heterocycles. The molecule has 112 valence electrons. The van der Waals surface area contributed by atoms with Crippen LogP contribution in [0.15, 0.2) is 16.3 Å². The van der Waals surface area contributed by atoms with Gasteiger partial charge in [-0.1, -0.05) is 0 Å². The largest absolute Gasteiger partial charge is 0.391 e. The SMILES string of the molecule is O=S(=O)(c1csc(CO)c1)N1CCCN2CCCC2C1. The zero-order chi connectivity index (χ0) is 14.2. The molecule has 3 rings (SSSR count). The second-order valence-electron chi connectivity index (χ2n) is 5.46. The molecule has 0 radical (unpaired) electrons. The molecule has 1 aromatic rings. The van der Waals surface area contributed by atoms with E-state index >= 15 is 0 Å². The number of aliphatic hydroxyl groups is 1. The highest BCUT2D eigenvalue weighted by atomic mass is 32.2. The van der Waals surface area contributed by atoms with Crippen molar-refractivity contribution in [1.29, 1.82) is 0 Å². The summed E-state index contributed by atoms with van der Waals surface area (Å²) in [6, 6.07) is 1.97. The molecule has 0 bridgehead atoms. The summed E-state index contributed by atoms with van der Waals surface area (Å²) < 4.78 is 27.0. The van der Waals surface area contributed by atoms with Gasteiger partial charge in [0, 0.05) is 29.4 Å². The Kier molecular flexibility index (Phi) is 4.14. The Balaban J connectivity index is 1.82. The minimum Gasteiger partial charge on any atom is -0.391 e. The van der Waals surface area contributed by atoms with Gasteiger partial charge in [0.2, 0.25) is 10.0 Å². The van der Waals surface area contributed by atoms with Crippen molar-refractivity contribution in [3.63, 3.8) is 0 Å². The third-order valence-corrected chi connectivity index (χ3v) is 7.10. The minimum absolute atomic E-state index is 0.101. The molecule has 1 unspecified atom stereocenters. The maximum atomic E-state index is 12.7. The number of hydrogen-bond acceptors (Lipinski definition) is 5. The van der Waals surface area contributed by atoms with Crippen molar-refractivity contribution in [2.75, 3.05) is 26.2 Å². The Morgan fingerprint density at radius 1 is 1.30 bits per heavy atom. The molecular formula is C13H20N2O3S2. The lowest BCUT2D eigenvalue weighted by Gasteiger charge is -2.24. The average Bonchev–Trinajstić information content (AvgIpc) is 3.04. The first-order chi connectivity index (χ1) is 9.61. The van der Waals surface area contributed by atoms with E-state index < -0.39 is 10.0 Å². The first-order valence-electron chi connectivity index (χ1n) is 7.04. The monoisotopic (exact) mass is 316 g/mol. The van der Waals surface area contributed by atoms with Gasteiger partial charge in [0.15, 0.2) is 0 Å². The van der Waals surface area contributed by atoms with Crippen LogP contribution in [0, 0.1) is 0 Å². The van der Waals surface area contributed by atoms with Gasteiger partial charge in [0.25, 0.3) is 0 Å². The molecule has 0 amide bonds. The van der Waals surface area contributed by atoms with Crippen molar-refractivity contribution >= 4 is 21.4 Å². The number of fused-ring (bicyclic) bond motifs is 1. The standard InChI is InChI=1S/C13H20N2O3S2/c16-9-12-7-13(10-19-12)20(17,18)15-6-2-5-14-4-1-3-11(14)8-15/h7,10-11,16H,1-6,8-9H2. The van der Waals surface area contributed by atoms with Crippen LogP contribution in [0.5, 0.6) is 0 Å². The summed E-state index contributed by atoms with van der Waals surface area (Å²) in [7, 11) is -3.41. The Bertz CT molecular complexity index is 570. The third kappa shape index (κ3) is 2.65. The molecule has 0 aromatic carbocycles. The number of nitrogens with zero attached hydrogens (tertiary/aromatic N) is 2. The average molecular weight is 316 g/mol. The lowest BCUT2D eigenvalue weighted by atomic mass is 10.2. The number of hydrogen-bond donors (Lipinski definition) is 1. The van der Waals surface area contributed by atoms with E-state index in [1.807, 2.05) is 0 Å². The van der Waals surface area contributed by atoms with Crippen LogP contribution in [0.2, 0.25) is 0 Å². The molecule has 2 aliphatic heterocycles. The van der Waals surface area contributed by atoms with E-state index in [-0.39, 0.29) is 6.61 Å². The fourth-order valence-corrected chi connectivity index (χ4v) is 5.76. The van der Waals surface area contributed by atoms with Crippen molar-refractivity contribution < 1.29 is 13.5 Å². The van der Waals surface area contributed by atoms with E-state index in [0.717, 1.165) is 25.9 Å². The lowest BCUT2D eigenvalue weighted by Crippen LogP contribution is -2.39. The van der Waals surface area contributed by atoms with Gasteiger partial charge in [0.1, 0.15) is 0 Å². The van der Waals surface area contributed by atoms with E-state index in [2.05, 4.69) is 4.90 Å². The summed E-state index contributed by atoms with van der Waals surface area (Å²) in [4.78, 5) is 3.45. The molecule has 0 spiro atoms. The molecule has 5 nitrogen and oxygen atoms in total. The normalized spacial score (nSPS) is 25.6. The molecule has 1 atom stereocenters. The smallest absolute Gasteiger partial charge is 0.243 e. The van der Waals surface area contributed by atoms with Crippen LogP contribution in [0.25, 0.3) is 0 Å².